The molecule has 0 spiro atoms. The van der Waals surface area contributed by atoms with E-state index in [2.05, 4.69) is 22.2 Å². The number of hydrogen-bond acceptors (Lipinski definition) is 7. The minimum Gasteiger partial charge on any atom is -0.375 e. The third-order valence-corrected chi connectivity index (χ3v) is 4.51. The van der Waals surface area contributed by atoms with Gasteiger partial charge in [-0.3, -0.25) is 20.2 Å². The van der Waals surface area contributed by atoms with E-state index in [-0.39, 0.29) is 16.9 Å². The summed E-state index contributed by atoms with van der Waals surface area (Å²) in [6.45, 7) is 8.98. The van der Waals surface area contributed by atoms with Crippen LogP contribution in [0.5, 0.6) is 0 Å². The Labute approximate surface area is 146 Å². The summed E-state index contributed by atoms with van der Waals surface area (Å²) in [6, 6.07) is 3.69. The first-order chi connectivity index (χ1) is 11.7. The lowest BCUT2D eigenvalue weighted by Gasteiger charge is -2.35. The first-order valence-corrected chi connectivity index (χ1v) is 8.30. The molecule has 1 saturated heterocycles. The molecule has 0 unspecified atom stereocenters. The summed E-state index contributed by atoms with van der Waals surface area (Å²) in [5.74, 6) is 0. The Morgan fingerprint density at radius 1 is 1.12 bits per heavy atom. The number of non-ortho nitro benzene ring substituents is 1. The van der Waals surface area contributed by atoms with Gasteiger partial charge in [-0.15, -0.1) is 0 Å². The van der Waals surface area contributed by atoms with Gasteiger partial charge in [0, 0.05) is 44.3 Å². The second-order valence-corrected chi connectivity index (χ2v) is 7.12. The smallest absolute Gasteiger partial charge is 0.299 e. The topological polar surface area (TPSA) is 105 Å². The van der Waals surface area contributed by atoms with Crippen molar-refractivity contribution in [2.75, 3.05) is 45.1 Å². The molecule has 1 aromatic rings. The van der Waals surface area contributed by atoms with Crippen LogP contribution in [0.1, 0.15) is 20.3 Å². The maximum Gasteiger partial charge on any atom is 0.299 e. The molecule has 1 heterocycles. The van der Waals surface area contributed by atoms with Crippen molar-refractivity contribution in [2.45, 2.75) is 25.8 Å². The zero-order valence-corrected chi connectivity index (χ0v) is 14.9. The minimum atomic E-state index is -0.630. The van der Waals surface area contributed by atoms with Crippen molar-refractivity contribution in [1.82, 2.24) is 9.80 Å². The standard InChI is InChI=1S/C16H25N5O4/c1-16(2,6-7-19-10-8-18(3)9-11-19)17-14-5-4-13(20(22)23)12-15(14)21(24)25/h4-5,12,17H,6-11H2,1-3H3. The largest absolute Gasteiger partial charge is 0.375 e. The predicted molar refractivity (Wildman–Crippen MR) is 96.0 cm³/mol. The van der Waals surface area contributed by atoms with Crippen LogP contribution in [0, 0.1) is 20.2 Å². The lowest BCUT2D eigenvalue weighted by molar-refractivity contribution is -0.393. The molecule has 0 amide bonds. The number of likely N-dealkylation sites (N-methyl/N-ethyl adjacent to an activating group) is 1. The predicted octanol–water partition coefficient (Wildman–Crippen LogP) is 2.33. The van der Waals surface area contributed by atoms with E-state index in [1.54, 1.807) is 0 Å². The number of nitrogens with one attached hydrogen (secondary N) is 1. The average Bonchev–Trinajstić information content (AvgIpc) is 2.54. The van der Waals surface area contributed by atoms with E-state index in [0.717, 1.165) is 45.2 Å². The Balaban J connectivity index is 2.03. The molecule has 1 aliphatic heterocycles. The second kappa shape index (κ2) is 7.75. The summed E-state index contributed by atoms with van der Waals surface area (Å²) in [5, 5.41) is 25.3. The molecule has 9 heteroatoms. The SMILES string of the molecule is CN1CCN(CCC(C)(C)Nc2ccc([N+](=O)[O-])cc2[N+](=O)[O-])CC1. The van der Waals surface area contributed by atoms with Gasteiger partial charge in [-0.05, 0) is 33.4 Å². The highest BCUT2D eigenvalue weighted by Gasteiger charge is 2.26. The van der Waals surface area contributed by atoms with Crippen LogP contribution in [0.25, 0.3) is 0 Å². The minimum absolute atomic E-state index is 0.276. The zero-order valence-electron chi connectivity index (χ0n) is 14.9. The first-order valence-electron chi connectivity index (χ1n) is 8.30. The molecule has 9 nitrogen and oxygen atoms in total. The average molecular weight is 351 g/mol. The van der Waals surface area contributed by atoms with E-state index in [9.17, 15) is 20.2 Å². The fourth-order valence-corrected chi connectivity index (χ4v) is 2.83. The highest BCUT2D eigenvalue weighted by molar-refractivity contribution is 5.66. The zero-order chi connectivity index (χ0) is 18.6. The van der Waals surface area contributed by atoms with E-state index in [4.69, 9.17) is 0 Å². The van der Waals surface area contributed by atoms with Crippen LogP contribution in [0.4, 0.5) is 17.1 Å². The molecule has 0 bridgehead atoms. The van der Waals surface area contributed by atoms with Gasteiger partial charge in [0.05, 0.1) is 15.9 Å². The lowest BCUT2D eigenvalue weighted by Crippen LogP contribution is -2.46. The summed E-state index contributed by atoms with van der Waals surface area (Å²) in [4.78, 5) is 25.5. The van der Waals surface area contributed by atoms with Gasteiger partial charge < -0.3 is 15.1 Å². The van der Waals surface area contributed by atoms with Crippen molar-refractivity contribution < 1.29 is 9.85 Å². The number of piperazine rings is 1. The van der Waals surface area contributed by atoms with Gasteiger partial charge in [0.2, 0.25) is 0 Å². The van der Waals surface area contributed by atoms with Gasteiger partial charge in [-0.2, -0.15) is 0 Å². The van der Waals surface area contributed by atoms with Gasteiger partial charge in [0.25, 0.3) is 11.4 Å². The Bertz CT molecular complexity index is 641. The molecule has 0 radical (unpaired) electrons. The molecule has 2 rings (SSSR count). The van der Waals surface area contributed by atoms with Gasteiger partial charge in [0.15, 0.2) is 0 Å². The van der Waals surface area contributed by atoms with Crippen LogP contribution < -0.4 is 5.32 Å². The summed E-state index contributed by atoms with van der Waals surface area (Å²) in [6.07, 6.45) is 0.810. The maximum absolute atomic E-state index is 11.2. The molecule has 0 atom stereocenters. The van der Waals surface area contributed by atoms with Crippen LogP contribution in [0.15, 0.2) is 18.2 Å². The van der Waals surface area contributed by atoms with E-state index < -0.39 is 9.85 Å². The van der Waals surface area contributed by atoms with E-state index >= 15 is 0 Å². The van der Waals surface area contributed by atoms with Crippen LogP contribution >= 0.6 is 0 Å². The number of hydrogen-bond donors (Lipinski definition) is 1. The lowest BCUT2D eigenvalue weighted by atomic mass is 9.99. The molecule has 1 aromatic carbocycles. The summed E-state index contributed by atoms with van der Waals surface area (Å²) >= 11 is 0. The van der Waals surface area contributed by atoms with Crippen molar-refractivity contribution >= 4 is 17.1 Å². The van der Waals surface area contributed by atoms with Crippen LogP contribution in [0.3, 0.4) is 0 Å². The second-order valence-electron chi connectivity index (χ2n) is 7.12. The molecule has 1 fully saturated rings. The van der Waals surface area contributed by atoms with Gasteiger partial charge in [-0.25, -0.2) is 0 Å². The molecule has 0 aromatic heterocycles. The van der Waals surface area contributed by atoms with Crippen molar-refractivity contribution in [3.05, 3.63) is 38.4 Å². The van der Waals surface area contributed by atoms with Crippen molar-refractivity contribution in [3.63, 3.8) is 0 Å². The van der Waals surface area contributed by atoms with Crippen molar-refractivity contribution in [1.29, 1.82) is 0 Å². The number of nitro benzene ring substituents is 2. The van der Waals surface area contributed by atoms with Crippen molar-refractivity contribution in [3.8, 4) is 0 Å². The van der Waals surface area contributed by atoms with Gasteiger partial charge >= 0.3 is 0 Å². The van der Waals surface area contributed by atoms with Crippen molar-refractivity contribution in [2.24, 2.45) is 0 Å². The van der Waals surface area contributed by atoms with E-state index in [1.165, 1.54) is 12.1 Å². The Morgan fingerprint density at radius 2 is 1.76 bits per heavy atom. The van der Waals surface area contributed by atoms with Gasteiger partial charge in [0.1, 0.15) is 5.69 Å². The fraction of sp³-hybridized carbons (Fsp3) is 0.625. The third kappa shape index (κ3) is 5.36. The number of rotatable bonds is 7. The number of nitro groups is 2. The molecule has 25 heavy (non-hydrogen) atoms. The monoisotopic (exact) mass is 351 g/mol. The van der Waals surface area contributed by atoms with Crippen LogP contribution in [0.2, 0.25) is 0 Å². The molecule has 1 aliphatic rings. The molecule has 138 valence electrons. The van der Waals surface area contributed by atoms with E-state index in [1.807, 2.05) is 13.8 Å². The van der Waals surface area contributed by atoms with Crippen LogP contribution in [-0.4, -0.2) is 65.0 Å². The Morgan fingerprint density at radius 3 is 2.32 bits per heavy atom. The summed E-state index contributed by atoms with van der Waals surface area (Å²) in [7, 11) is 2.11. The Kier molecular flexibility index (Phi) is 5.91. The summed E-state index contributed by atoms with van der Waals surface area (Å²) in [5.41, 5.74) is -0.627. The molecule has 0 aliphatic carbocycles. The maximum atomic E-state index is 11.2. The highest BCUT2D eigenvalue weighted by Crippen LogP contribution is 2.31. The van der Waals surface area contributed by atoms with Crippen LogP contribution in [-0.2, 0) is 0 Å². The van der Waals surface area contributed by atoms with Gasteiger partial charge in [-0.1, -0.05) is 0 Å². The molecular formula is C16H25N5O4. The van der Waals surface area contributed by atoms with E-state index in [0.29, 0.717) is 5.69 Å². The summed E-state index contributed by atoms with van der Waals surface area (Å²) < 4.78 is 0. The first kappa shape index (κ1) is 19.1. The highest BCUT2D eigenvalue weighted by atomic mass is 16.6. The number of anilines is 1. The molecule has 0 saturated carbocycles. The third-order valence-electron chi connectivity index (χ3n) is 4.51. The Hall–Kier alpha value is -2.26. The normalized spacial score (nSPS) is 16.6. The molecule has 1 N–H and O–H groups in total. The number of benzene rings is 1. The quantitative estimate of drug-likeness (QED) is 0.594. The number of nitrogens with zero attached hydrogens (tertiary/aromatic N) is 4. The molecular weight excluding hydrogens is 326 g/mol. The fourth-order valence-electron chi connectivity index (χ4n) is 2.83.